The topological polar surface area (TPSA) is 41.6 Å². The Morgan fingerprint density at radius 3 is 2.44 bits per heavy atom. The fourth-order valence-corrected chi connectivity index (χ4v) is 0.899. The van der Waals surface area contributed by atoms with Gasteiger partial charge in [0.2, 0.25) is 0 Å². The molecule has 50 valence electrons. The van der Waals surface area contributed by atoms with E-state index in [0.717, 1.165) is 0 Å². The summed E-state index contributed by atoms with van der Waals surface area (Å²) in [6, 6.07) is 0. The van der Waals surface area contributed by atoms with Gasteiger partial charge in [-0.05, 0) is 6.92 Å². The lowest BCUT2D eigenvalue weighted by Gasteiger charge is -2.14. The van der Waals surface area contributed by atoms with Crippen molar-refractivity contribution in [3.05, 3.63) is 0 Å². The zero-order chi connectivity index (χ0) is 7.02. The molecule has 1 atom stereocenters. The average Bonchev–Trinajstić information content (AvgIpc) is 1.98. The largest absolute Gasteiger partial charge is 0.381 e. The Kier molecular flexibility index (Phi) is 1.40. The maximum Gasteiger partial charge on any atom is 0.155 e. The van der Waals surface area contributed by atoms with Gasteiger partial charge >= 0.3 is 0 Å². The van der Waals surface area contributed by atoms with Crippen LogP contribution in [0.4, 0.5) is 0 Å². The van der Waals surface area contributed by atoms with Crippen LogP contribution < -0.4 is 5.73 Å². The second-order valence-corrected chi connectivity index (χ2v) is 2.45. The lowest BCUT2D eigenvalue weighted by atomic mass is 10.5. The molecule has 0 amide bonds. The number of amidine groups is 1. The summed E-state index contributed by atoms with van der Waals surface area (Å²) < 4.78 is 0. The van der Waals surface area contributed by atoms with Crippen LogP contribution in [0.5, 0.6) is 0 Å². The minimum Gasteiger partial charge on any atom is -0.381 e. The van der Waals surface area contributed by atoms with Gasteiger partial charge in [-0.15, -0.1) is 0 Å². The molecular weight excluding hydrogens is 134 g/mol. The molecule has 0 spiro atoms. The Hall–Kier alpha value is -0.640. The van der Waals surface area contributed by atoms with Crippen molar-refractivity contribution in [1.29, 1.82) is 0 Å². The van der Waals surface area contributed by atoms with Crippen molar-refractivity contribution in [2.45, 2.75) is 13.1 Å². The Morgan fingerprint density at radius 1 is 1.78 bits per heavy atom. The van der Waals surface area contributed by atoms with Gasteiger partial charge in [-0.2, -0.15) is 0 Å². The third-order valence-electron chi connectivity index (χ3n) is 1.43. The normalized spacial score (nSPS) is 26.9. The highest BCUT2D eigenvalue weighted by atomic mass is 32.1. The smallest absolute Gasteiger partial charge is 0.155 e. The quantitative estimate of drug-likeness (QED) is 0.484. The van der Waals surface area contributed by atoms with Crippen LogP contribution in [0.25, 0.3) is 0 Å². The minimum atomic E-state index is 0.123. The Morgan fingerprint density at radius 2 is 2.33 bits per heavy atom. The molecule has 0 aromatic heterocycles. The van der Waals surface area contributed by atoms with Gasteiger partial charge in [0, 0.05) is 7.05 Å². The van der Waals surface area contributed by atoms with Gasteiger partial charge in [-0.3, -0.25) is 0 Å². The van der Waals surface area contributed by atoms with Crippen molar-refractivity contribution in [3.8, 4) is 0 Å². The number of hydrogen-bond acceptors (Lipinski definition) is 3. The molecule has 0 saturated carbocycles. The summed E-state index contributed by atoms with van der Waals surface area (Å²) in [5, 5.41) is 0. The molecule has 3 nitrogen and oxygen atoms in total. The molecule has 0 aromatic rings. The number of hydrogen-bond donors (Lipinski definition) is 1. The zero-order valence-corrected chi connectivity index (χ0v) is 6.27. The fraction of sp³-hybridized carbons (Fsp3) is 0.600. The molecule has 0 fully saturated rings. The monoisotopic (exact) mass is 143 g/mol. The molecule has 4 heteroatoms. The zero-order valence-electron chi connectivity index (χ0n) is 5.46. The van der Waals surface area contributed by atoms with Crippen LogP contribution in [-0.2, 0) is 0 Å². The minimum absolute atomic E-state index is 0.123. The number of rotatable bonds is 0. The van der Waals surface area contributed by atoms with Gasteiger partial charge in [-0.25, -0.2) is 4.99 Å². The van der Waals surface area contributed by atoms with Gasteiger partial charge in [-0.1, -0.05) is 12.2 Å². The van der Waals surface area contributed by atoms with Gasteiger partial charge in [0.1, 0.15) is 11.2 Å². The highest BCUT2D eigenvalue weighted by molar-refractivity contribution is 7.82. The van der Waals surface area contributed by atoms with Crippen molar-refractivity contribution in [2.24, 2.45) is 10.7 Å². The van der Waals surface area contributed by atoms with E-state index in [1.807, 2.05) is 18.9 Å². The second kappa shape index (κ2) is 1.95. The summed E-state index contributed by atoms with van der Waals surface area (Å²) in [5.41, 5.74) is 5.43. The summed E-state index contributed by atoms with van der Waals surface area (Å²) in [4.78, 5) is 6.55. The van der Waals surface area contributed by atoms with Gasteiger partial charge in [0.05, 0.1) is 0 Å². The van der Waals surface area contributed by atoms with E-state index in [9.17, 15) is 0 Å². The van der Waals surface area contributed by atoms with Crippen LogP contribution in [-0.4, -0.2) is 28.9 Å². The molecule has 0 bridgehead atoms. The van der Waals surface area contributed by atoms with Crippen LogP contribution in [0.2, 0.25) is 0 Å². The summed E-state index contributed by atoms with van der Waals surface area (Å²) in [5.74, 6) is 0.486. The number of nitrogens with zero attached hydrogens (tertiary/aromatic N) is 2. The van der Waals surface area contributed by atoms with E-state index in [1.54, 1.807) is 0 Å². The first-order valence-electron chi connectivity index (χ1n) is 2.73. The molecular formula is C5H9N3S. The molecule has 1 aliphatic rings. The maximum atomic E-state index is 5.43. The summed E-state index contributed by atoms with van der Waals surface area (Å²) >= 11 is 4.91. The van der Waals surface area contributed by atoms with Crippen molar-refractivity contribution in [1.82, 2.24) is 4.90 Å². The van der Waals surface area contributed by atoms with E-state index in [2.05, 4.69) is 4.99 Å². The molecule has 1 rings (SSSR count). The number of aliphatic imine (C=N–C) groups is 1. The molecule has 1 heterocycles. The summed E-state index contributed by atoms with van der Waals surface area (Å²) in [7, 11) is 1.89. The predicted octanol–water partition coefficient (Wildman–Crippen LogP) is -0.0376. The fourth-order valence-electron chi connectivity index (χ4n) is 0.693. The van der Waals surface area contributed by atoms with Crippen LogP contribution in [0.1, 0.15) is 6.92 Å². The Labute approximate surface area is 59.5 Å². The SMILES string of the molecule is CC1N=C(N)C(=S)N1C. The Balaban J connectivity index is 2.82. The highest BCUT2D eigenvalue weighted by Crippen LogP contribution is 2.06. The van der Waals surface area contributed by atoms with Crippen molar-refractivity contribution < 1.29 is 0 Å². The van der Waals surface area contributed by atoms with E-state index in [4.69, 9.17) is 18.0 Å². The molecule has 0 saturated heterocycles. The summed E-state index contributed by atoms with van der Waals surface area (Å²) in [6.07, 6.45) is 0.123. The molecule has 1 aliphatic heterocycles. The molecule has 0 radical (unpaired) electrons. The molecule has 9 heavy (non-hydrogen) atoms. The molecule has 0 aliphatic carbocycles. The first kappa shape index (κ1) is 6.48. The van der Waals surface area contributed by atoms with Crippen molar-refractivity contribution in [3.63, 3.8) is 0 Å². The van der Waals surface area contributed by atoms with Gasteiger partial charge in [0.25, 0.3) is 0 Å². The maximum absolute atomic E-state index is 5.43. The Bertz CT molecular complexity index is 175. The number of thiocarbonyl (C=S) groups is 1. The predicted molar refractivity (Wildman–Crippen MR) is 41.4 cm³/mol. The van der Waals surface area contributed by atoms with Crippen LogP contribution in [0, 0.1) is 0 Å². The molecule has 0 aromatic carbocycles. The van der Waals surface area contributed by atoms with E-state index in [0.29, 0.717) is 10.8 Å². The third kappa shape index (κ3) is 0.896. The lowest BCUT2D eigenvalue weighted by Crippen LogP contribution is -2.31. The standard InChI is InChI=1S/C5H9N3S/c1-3-7-4(6)5(9)8(3)2/h3H,1-2H3,(H2,6,7). The average molecular weight is 143 g/mol. The number of nitrogens with two attached hydrogens (primary N) is 1. The van der Waals surface area contributed by atoms with Crippen LogP contribution >= 0.6 is 12.2 Å². The van der Waals surface area contributed by atoms with Crippen LogP contribution in [0.15, 0.2) is 4.99 Å². The van der Waals surface area contributed by atoms with E-state index >= 15 is 0 Å². The van der Waals surface area contributed by atoms with Gasteiger partial charge < -0.3 is 10.6 Å². The molecule has 2 N–H and O–H groups in total. The van der Waals surface area contributed by atoms with E-state index < -0.39 is 0 Å². The van der Waals surface area contributed by atoms with Gasteiger partial charge in [0.15, 0.2) is 5.84 Å². The van der Waals surface area contributed by atoms with E-state index in [1.165, 1.54) is 0 Å². The third-order valence-corrected chi connectivity index (χ3v) is 1.92. The first-order chi connectivity index (χ1) is 4.13. The molecule has 1 unspecified atom stereocenters. The highest BCUT2D eigenvalue weighted by Gasteiger charge is 2.21. The first-order valence-corrected chi connectivity index (χ1v) is 3.14. The second-order valence-electron chi connectivity index (χ2n) is 2.06. The van der Waals surface area contributed by atoms with Crippen molar-refractivity contribution in [2.75, 3.05) is 7.05 Å². The summed E-state index contributed by atoms with van der Waals surface area (Å²) in [6.45, 7) is 1.95. The van der Waals surface area contributed by atoms with Crippen molar-refractivity contribution >= 4 is 23.0 Å². The lowest BCUT2D eigenvalue weighted by molar-refractivity contribution is 0.430. The van der Waals surface area contributed by atoms with E-state index in [-0.39, 0.29) is 6.17 Å². The van der Waals surface area contributed by atoms with Crippen LogP contribution in [0.3, 0.4) is 0 Å². The number of likely N-dealkylation sites (N-methyl/N-ethyl adjacent to an activating group) is 1.